The van der Waals surface area contributed by atoms with Crippen molar-refractivity contribution in [3.63, 3.8) is 0 Å². The standard InChI is InChI=1S/C36H78N8O7Si2/c1-29(37-5)19-21-31(3)43-33(45)39-23-15-11-13-17-25-41-35(47)49-27-52(7,8)51-53(9,10)28-50-36(48)42-26-18-14-12-16-24-40-34(46)44-32(4)22-20-30(2)38-6/h29-32,37-38H,11-28H2,1-10H3,(H,41,47)(H,42,48)(H2,39,43,45)(H2,40,44,46). The topological polar surface area (TPSA) is 192 Å². The highest BCUT2D eigenvalue weighted by Gasteiger charge is 2.35. The Hall–Kier alpha value is -2.61. The monoisotopic (exact) mass is 791 g/mol. The molecule has 8 N–H and O–H groups in total. The lowest BCUT2D eigenvalue weighted by Gasteiger charge is -2.32. The second-order valence-corrected chi connectivity index (χ2v) is 24.0. The van der Waals surface area contributed by atoms with E-state index in [9.17, 15) is 19.2 Å². The summed E-state index contributed by atoms with van der Waals surface area (Å²) in [6.07, 6.45) is 10.6. The molecule has 0 aromatic rings. The molecular formula is C36H78N8O7Si2. The minimum Gasteiger partial charge on any atom is -0.451 e. The summed E-state index contributed by atoms with van der Waals surface area (Å²) in [5, 5.41) is 23.8. The Bertz CT molecular complexity index is 937. The number of hydrogen-bond acceptors (Lipinski definition) is 9. The average Bonchev–Trinajstić information content (AvgIpc) is 3.09. The number of nitrogens with one attached hydrogen (secondary N) is 8. The van der Waals surface area contributed by atoms with Gasteiger partial charge in [-0.3, -0.25) is 0 Å². The lowest BCUT2D eigenvalue weighted by molar-refractivity contribution is 0.155. The lowest BCUT2D eigenvalue weighted by atomic mass is 10.1. The molecule has 0 saturated heterocycles. The second-order valence-electron chi connectivity index (χ2n) is 15.6. The number of carbonyl (C=O) groups excluding carboxylic acids is 4. The van der Waals surface area contributed by atoms with Crippen molar-refractivity contribution in [3.05, 3.63) is 0 Å². The first-order valence-corrected chi connectivity index (χ1v) is 26.2. The summed E-state index contributed by atoms with van der Waals surface area (Å²) < 4.78 is 17.3. The summed E-state index contributed by atoms with van der Waals surface area (Å²) in [6, 6.07) is 0.867. The summed E-state index contributed by atoms with van der Waals surface area (Å²) in [6.45, 7) is 18.5. The third-order valence-corrected chi connectivity index (χ3v) is 14.9. The molecule has 0 aromatic heterocycles. The number of rotatable bonds is 30. The Morgan fingerprint density at radius 1 is 0.472 bits per heavy atom. The maximum atomic E-state index is 12.3. The Balaban J connectivity index is 3.93. The maximum Gasteiger partial charge on any atom is 0.406 e. The van der Waals surface area contributed by atoms with Gasteiger partial charge in [-0.2, -0.15) is 0 Å². The summed E-state index contributed by atoms with van der Waals surface area (Å²) in [4.78, 5) is 48.6. The Kier molecular flexibility index (Phi) is 28.3. The van der Waals surface area contributed by atoms with Crippen molar-refractivity contribution < 1.29 is 32.8 Å². The van der Waals surface area contributed by atoms with Crippen LogP contribution in [0, 0.1) is 0 Å². The van der Waals surface area contributed by atoms with Crippen molar-refractivity contribution in [1.82, 2.24) is 42.5 Å². The molecule has 312 valence electrons. The molecule has 0 fully saturated rings. The van der Waals surface area contributed by atoms with E-state index in [-0.39, 0.29) is 36.6 Å². The van der Waals surface area contributed by atoms with Crippen LogP contribution in [0.2, 0.25) is 26.2 Å². The van der Waals surface area contributed by atoms with Gasteiger partial charge in [0.15, 0.2) is 0 Å². The first kappa shape index (κ1) is 50.4. The minimum absolute atomic E-state index is 0.128. The van der Waals surface area contributed by atoms with Gasteiger partial charge < -0.3 is 56.1 Å². The summed E-state index contributed by atoms with van der Waals surface area (Å²) in [7, 11) is -0.829. The van der Waals surface area contributed by atoms with Crippen LogP contribution in [0.25, 0.3) is 0 Å². The molecule has 6 amide bonds. The van der Waals surface area contributed by atoms with Crippen LogP contribution in [0.5, 0.6) is 0 Å². The SMILES string of the molecule is CNC(C)CCC(C)NC(=O)NCCCCCCNC(=O)OC[Si](C)(C)O[Si](C)(C)COC(=O)NCCCCCCNC(=O)NC(C)CCC(C)NC. The number of unbranched alkanes of at least 4 members (excludes halogenated alkanes) is 6. The van der Waals surface area contributed by atoms with Gasteiger partial charge in [0.25, 0.3) is 0 Å². The van der Waals surface area contributed by atoms with Gasteiger partial charge in [0.2, 0.25) is 16.6 Å². The third-order valence-electron chi connectivity index (χ3n) is 8.78. The molecule has 0 aromatic carbocycles. The molecule has 4 atom stereocenters. The van der Waals surface area contributed by atoms with Crippen molar-refractivity contribution in [1.29, 1.82) is 0 Å². The van der Waals surface area contributed by atoms with Gasteiger partial charge in [0.1, 0.15) is 12.5 Å². The molecule has 0 aliphatic rings. The van der Waals surface area contributed by atoms with E-state index in [2.05, 4.69) is 56.4 Å². The van der Waals surface area contributed by atoms with E-state index in [0.29, 0.717) is 38.3 Å². The Morgan fingerprint density at radius 3 is 1.09 bits per heavy atom. The van der Waals surface area contributed by atoms with Crippen LogP contribution < -0.4 is 42.5 Å². The number of urea groups is 2. The summed E-state index contributed by atoms with van der Waals surface area (Å²) in [5.74, 6) is 0. The first-order chi connectivity index (χ1) is 25.0. The molecule has 0 radical (unpaired) electrons. The molecule has 15 nitrogen and oxygen atoms in total. The second kappa shape index (κ2) is 29.7. The fraction of sp³-hybridized carbons (Fsp3) is 0.889. The Morgan fingerprint density at radius 2 is 0.774 bits per heavy atom. The van der Waals surface area contributed by atoms with E-state index < -0.39 is 28.8 Å². The predicted octanol–water partition coefficient (Wildman–Crippen LogP) is 5.22. The van der Waals surface area contributed by atoms with Crippen molar-refractivity contribution >= 4 is 40.9 Å². The minimum atomic E-state index is -2.35. The van der Waals surface area contributed by atoms with E-state index in [0.717, 1.165) is 77.0 Å². The molecule has 0 aliphatic heterocycles. The highest BCUT2D eigenvalue weighted by atomic mass is 28.4. The maximum absolute atomic E-state index is 12.3. The fourth-order valence-electron chi connectivity index (χ4n) is 5.36. The van der Waals surface area contributed by atoms with Crippen LogP contribution in [-0.4, -0.2) is 118 Å². The van der Waals surface area contributed by atoms with Crippen LogP contribution in [0.15, 0.2) is 0 Å². The number of amides is 6. The van der Waals surface area contributed by atoms with E-state index in [1.54, 1.807) is 0 Å². The molecular weight excluding hydrogens is 713 g/mol. The van der Waals surface area contributed by atoms with Crippen LogP contribution in [0.4, 0.5) is 19.2 Å². The van der Waals surface area contributed by atoms with Gasteiger partial charge in [-0.05, 0) is 119 Å². The van der Waals surface area contributed by atoms with Crippen LogP contribution in [-0.2, 0) is 13.6 Å². The molecule has 0 aliphatic carbocycles. The van der Waals surface area contributed by atoms with Crippen LogP contribution >= 0.6 is 0 Å². The van der Waals surface area contributed by atoms with Crippen LogP contribution in [0.1, 0.15) is 105 Å². The lowest BCUT2D eigenvalue weighted by Crippen LogP contribution is -2.51. The van der Waals surface area contributed by atoms with E-state index in [1.165, 1.54) is 0 Å². The summed E-state index contributed by atoms with van der Waals surface area (Å²) in [5.41, 5.74) is 0. The zero-order chi connectivity index (χ0) is 40.1. The molecule has 53 heavy (non-hydrogen) atoms. The zero-order valence-electron chi connectivity index (χ0n) is 34.9. The van der Waals surface area contributed by atoms with Gasteiger partial charge in [-0.15, -0.1) is 0 Å². The number of alkyl carbamates (subject to hydrolysis) is 2. The summed E-state index contributed by atoms with van der Waals surface area (Å²) >= 11 is 0. The van der Waals surface area contributed by atoms with Gasteiger partial charge in [-0.25, -0.2) is 19.2 Å². The highest BCUT2D eigenvalue weighted by Crippen LogP contribution is 2.16. The smallest absolute Gasteiger partial charge is 0.406 e. The van der Waals surface area contributed by atoms with Gasteiger partial charge >= 0.3 is 24.2 Å². The molecule has 4 unspecified atom stereocenters. The molecule has 0 spiro atoms. The first-order valence-electron chi connectivity index (χ1n) is 19.9. The van der Waals surface area contributed by atoms with Crippen LogP contribution in [0.3, 0.4) is 0 Å². The highest BCUT2D eigenvalue weighted by molar-refractivity contribution is 6.84. The van der Waals surface area contributed by atoms with Crippen molar-refractivity contribution in [2.75, 3.05) is 52.7 Å². The number of hydrogen-bond donors (Lipinski definition) is 8. The molecule has 0 heterocycles. The van der Waals surface area contributed by atoms with Gasteiger partial charge in [0.05, 0.1) is 0 Å². The van der Waals surface area contributed by atoms with E-state index >= 15 is 0 Å². The number of ether oxygens (including phenoxy) is 2. The molecule has 0 bridgehead atoms. The Labute approximate surface area is 323 Å². The third kappa shape index (κ3) is 31.5. The number of carbonyl (C=O) groups is 4. The van der Waals surface area contributed by atoms with E-state index in [1.807, 2.05) is 54.1 Å². The van der Waals surface area contributed by atoms with Crippen molar-refractivity contribution in [2.45, 2.75) is 155 Å². The molecule has 0 rings (SSSR count). The normalized spacial score (nSPS) is 13.9. The molecule has 0 saturated carbocycles. The quantitative estimate of drug-likeness (QED) is 0.0356. The zero-order valence-corrected chi connectivity index (χ0v) is 36.9. The predicted molar refractivity (Wildman–Crippen MR) is 219 cm³/mol. The van der Waals surface area contributed by atoms with Crippen molar-refractivity contribution in [2.24, 2.45) is 0 Å². The van der Waals surface area contributed by atoms with E-state index in [4.69, 9.17) is 13.6 Å². The average molecular weight is 791 g/mol. The van der Waals surface area contributed by atoms with Gasteiger partial charge in [0, 0.05) is 50.3 Å². The molecule has 17 heteroatoms. The van der Waals surface area contributed by atoms with Gasteiger partial charge in [-0.1, -0.05) is 25.7 Å². The largest absolute Gasteiger partial charge is 0.451 e. The fourth-order valence-corrected chi connectivity index (χ4v) is 12.8. The van der Waals surface area contributed by atoms with Crippen molar-refractivity contribution in [3.8, 4) is 0 Å².